The first-order valence-corrected chi connectivity index (χ1v) is 7.36. The van der Waals surface area contributed by atoms with Crippen molar-refractivity contribution in [3.63, 3.8) is 0 Å². The maximum absolute atomic E-state index is 12.9. The van der Waals surface area contributed by atoms with Crippen molar-refractivity contribution in [1.82, 2.24) is 0 Å². The topological polar surface area (TPSA) is 75.3 Å². The monoisotopic (exact) mass is 336 g/mol. The van der Waals surface area contributed by atoms with Gasteiger partial charge in [0.15, 0.2) is 11.3 Å². The number of carbonyl (C=O) groups excluding carboxylic acids is 1. The SMILES string of the molecule is COc1cccc2cc(/C=C(\C#N)C(=O)Nc3ccc(F)cc3)oc12. The van der Waals surface area contributed by atoms with E-state index in [1.165, 1.54) is 37.5 Å². The lowest BCUT2D eigenvalue weighted by molar-refractivity contribution is -0.112. The standard InChI is InChI=1S/C19H13FN2O3/c1-24-17-4-2-3-12-9-16(25-18(12)17)10-13(11-21)19(23)22-15-7-5-14(20)6-8-15/h2-10H,1H3,(H,22,23)/b13-10+. The number of hydrogen-bond acceptors (Lipinski definition) is 4. The van der Waals surface area contributed by atoms with Gasteiger partial charge in [-0.3, -0.25) is 4.79 Å². The molecule has 3 rings (SSSR count). The number of furan rings is 1. The Morgan fingerprint density at radius 1 is 1.28 bits per heavy atom. The molecule has 1 aromatic heterocycles. The maximum atomic E-state index is 12.9. The Hall–Kier alpha value is -3.59. The normalized spacial score (nSPS) is 11.2. The van der Waals surface area contributed by atoms with Crippen LogP contribution in [0.25, 0.3) is 17.0 Å². The molecule has 0 aliphatic heterocycles. The van der Waals surface area contributed by atoms with Gasteiger partial charge in [0, 0.05) is 17.1 Å². The van der Waals surface area contributed by atoms with Crippen molar-refractivity contribution in [3.8, 4) is 11.8 Å². The third-order valence-corrected chi connectivity index (χ3v) is 3.50. The van der Waals surface area contributed by atoms with E-state index in [0.29, 0.717) is 22.8 Å². The number of nitrogens with one attached hydrogen (secondary N) is 1. The minimum atomic E-state index is -0.610. The number of hydrogen-bond donors (Lipinski definition) is 1. The second-order valence-corrected chi connectivity index (χ2v) is 5.16. The zero-order valence-corrected chi connectivity index (χ0v) is 13.2. The Balaban J connectivity index is 1.88. The summed E-state index contributed by atoms with van der Waals surface area (Å²) < 4.78 is 23.8. The Morgan fingerprint density at radius 3 is 2.72 bits per heavy atom. The highest BCUT2D eigenvalue weighted by atomic mass is 19.1. The van der Waals surface area contributed by atoms with E-state index in [2.05, 4.69) is 5.32 Å². The van der Waals surface area contributed by atoms with Crippen LogP contribution in [0.4, 0.5) is 10.1 Å². The number of nitrogens with zero attached hydrogens (tertiary/aromatic N) is 1. The first kappa shape index (κ1) is 16.3. The number of fused-ring (bicyclic) bond motifs is 1. The van der Waals surface area contributed by atoms with Crippen LogP contribution in [0.15, 0.2) is 58.5 Å². The molecule has 1 heterocycles. The summed E-state index contributed by atoms with van der Waals surface area (Å²) in [7, 11) is 1.53. The van der Waals surface area contributed by atoms with E-state index < -0.39 is 11.7 Å². The van der Waals surface area contributed by atoms with Gasteiger partial charge in [-0.2, -0.15) is 5.26 Å². The van der Waals surface area contributed by atoms with Gasteiger partial charge >= 0.3 is 0 Å². The summed E-state index contributed by atoms with van der Waals surface area (Å²) in [4.78, 5) is 12.2. The summed E-state index contributed by atoms with van der Waals surface area (Å²) in [6.07, 6.45) is 1.35. The van der Waals surface area contributed by atoms with Gasteiger partial charge in [0.1, 0.15) is 23.2 Å². The first-order chi connectivity index (χ1) is 12.1. The predicted molar refractivity (Wildman–Crippen MR) is 91.4 cm³/mol. The molecular formula is C19H13FN2O3. The molecule has 0 spiro atoms. The summed E-state index contributed by atoms with van der Waals surface area (Å²) in [5.41, 5.74) is 0.786. The molecule has 0 saturated heterocycles. The molecule has 0 unspecified atom stereocenters. The van der Waals surface area contributed by atoms with Gasteiger partial charge in [-0.15, -0.1) is 0 Å². The molecule has 25 heavy (non-hydrogen) atoms. The Morgan fingerprint density at radius 2 is 2.04 bits per heavy atom. The summed E-state index contributed by atoms with van der Waals surface area (Å²) in [5.74, 6) is -0.108. The highest BCUT2D eigenvalue weighted by molar-refractivity contribution is 6.09. The molecule has 6 heteroatoms. The molecule has 0 bridgehead atoms. The third kappa shape index (κ3) is 3.51. The lowest BCUT2D eigenvalue weighted by Crippen LogP contribution is -2.13. The lowest BCUT2D eigenvalue weighted by atomic mass is 10.2. The maximum Gasteiger partial charge on any atom is 0.266 e. The molecule has 0 radical (unpaired) electrons. The summed E-state index contributed by atoms with van der Waals surface area (Å²) >= 11 is 0. The van der Waals surface area contributed by atoms with E-state index >= 15 is 0 Å². The van der Waals surface area contributed by atoms with Crippen LogP contribution in [0.3, 0.4) is 0 Å². The average Bonchev–Trinajstić information content (AvgIpc) is 3.04. The summed E-state index contributed by atoms with van der Waals surface area (Å²) in [5, 5.41) is 12.6. The van der Waals surface area contributed by atoms with E-state index in [9.17, 15) is 14.4 Å². The molecule has 5 nitrogen and oxygen atoms in total. The van der Waals surface area contributed by atoms with Gasteiger partial charge in [0.25, 0.3) is 5.91 Å². The number of amides is 1. The van der Waals surface area contributed by atoms with Crippen LogP contribution in [0, 0.1) is 17.1 Å². The zero-order valence-electron chi connectivity index (χ0n) is 13.2. The van der Waals surface area contributed by atoms with Crippen molar-refractivity contribution in [2.24, 2.45) is 0 Å². The molecule has 124 valence electrons. The van der Waals surface area contributed by atoms with Crippen molar-refractivity contribution in [1.29, 1.82) is 5.26 Å². The van der Waals surface area contributed by atoms with Crippen molar-refractivity contribution in [3.05, 3.63) is 65.7 Å². The highest BCUT2D eigenvalue weighted by Crippen LogP contribution is 2.29. The van der Waals surface area contributed by atoms with Crippen LogP contribution < -0.4 is 10.1 Å². The molecule has 2 aromatic carbocycles. The number of anilines is 1. The number of benzene rings is 2. The van der Waals surface area contributed by atoms with Crippen molar-refractivity contribution in [2.75, 3.05) is 12.4 Å². The fraction of sp³-hybridized carbons (Fsp3) is 0.0526. The molecule has 3 aromatic rings. The van der Waals surface area contributed by atoms with Gasteiger partial charge in [0.2, 0.25) is 0 Å². The molecular weight excluding hydrogens is 323 g/mol. The molecule has 1 amide bonds. The number of halogens is 1. The largest absolute Gasteiger partial charge is 0.493 e. The van der Waals surface area contributed by atoms with Gasteiger partial charge < -0.3 is 14.5 Å². The average molecular weight is 336 g/mol. The van der Waals surface area contributed by atoms with Crippen LogP contribution >= 0.6 is 0 Å². The van der Waals surface area contributed by atoms with Crippen LogP contribution in [0.5, 0.6) is 5.75 Å². The second-order valence-electron chi connectivity index (χ2n) is 5.16. The number of ether oxygens (including phenoxy) is 1. The highest BCUT2D eigenvalue weighted by Gasteiger charge is 2.13. The Labute approximate surface area is 142 Å². The Bertz CT molecular complexity index is 998. The van der Waals surface area contributed by atoms with E-state index in [0.717, 1.165) is 5.39 Å². The van der Waals surface area contributed by atoms with Crippen molar-refractivity contribution in [2.45, 2.75) is 0 Å². The summed E-state index contributed by atoms with van der Waals surface area (Å²) in [6, 6.07) is 14.2. The molecule has 0 aliphatic rings. The summed E-state index contributed by atoms with van der Waals surface area (Å²) in [6.45, 7) is 0. The van der Waals surface area contributed by atoms with Crippen molar-refractivity contribution < 1.29 is 18.3 Å². The van der Waals surface area contributed by atoms with E-state index in [-0.39, 0.29) is 5.57 Å². The number of rotatable bonds is 4. The number of nitriles is 1. The van der Waals surface area contributed by atoms with Gasteiger partial charge in [-0.25, -0.2) is 4.39 Å². The van der Waals surface area contributed by atoms with Crippen LogP contribution in [-0.4, -0.2) is 13.0 Å². The quantitative estimate of drug-likeness (QED) is 0.574. The van der Waals surface area contributed by atoms with Gasteiger partial charge in [0.05, 0.1) is 7.11 Å². The van der Waals surface area contributed by atoms with Gasteiger partial charge in [-0.05, 0) is 36.4 Å². The fourth-order valence-corrected chi connectivity index (χ4v) is 2.31. The molecule has 0 fully saturated rings. The minimum absolute atomic E-state index is 0.137. The van der Waals surface area contributed by atoms with E-state index in [1.807, 2.05) is 18.2 Å². The van der Waals surface area contributed by atoms with E-state index in [4.69, 9.17) is 9.15 Å². The fourth-order valence-electron chi connectivity index (χ4n) is 2.31. The van der Waals surface area contributed by atoms with Crippen LogP contribution in [0.1, 0.15) is 5.76 Å². The van der Waals surface area contributed by atoms with Gasteiger partial charge in [-0.1, -0.05) is 12.1 Å². The minimum Gasteiger partial charge on any atom is -0.493 e. The number of methoxy groups -OCH3 is 1. The Kier molecular flexibility index (Phi) is 4.48. The van der Waals surface area contributed by atoms with Crippen LogP contribution in [-0.2, 0) is 4.79 Å². The molecule has 1 N–H and O–H groups in total. The first-order valence-electron chi connectivity index (χ1n) is 7.36. The third-order valence-electron chi connectivity index (χ3n) is 3.50. The zero-order chi connectivity index (χ0) is 17.8. The predicted octanol–water partition coefficient (Wildman–Crippen LogP) is 4.13. The molecule has 0 aliphatic carbocycles. The lowest BCUT2D eigenvalue weighted by Gasteiger charge is -2.03. The smallest absolute Gasteiger partial charge is 0.266 e. The van der Waals surface area contributed by atoms with Crippen LogP contribution in [0.2, 0.25) is 0 Å². The number of para-hydroxylation sites is 1. The van der Waals surface area contributed by atoms with Crippen molar-refractivity contribution >= 4 is 28.6 Å². The molecule has 0 saturated carbocycles. The number of carbonyl (C=O) groups is 1. The molecule has 0 atom stereocenters. The second kappa shape index (κ2) is 6.89. The van der Waals surface area contributed by atoms with E-state index in [1.54, 1.807) is 12.1 Å².